The van der Waals surface area contributed by atoms with Gasteiger partial charge >= 0.3 is 7.12 Å². The summed E-state index contributed by atoms with van der Waals surface area (Å²) < 4.78 is 23.2. The molecule has 1 fully saturated rings. The number of hydrogen-bond acceptors (Lipinski definition) is 6. The fourth-order valence-corrected chi connectivity index (χ4v) is 4.49. The molecule has 37 heavy (non-hydrogen) atoms. The number of ether oxygens (including phenoxy) is 2. The highest BCUT2D eigenvalue weighted by molar-refractivity contribution is 6.63. The number of methoxy groups -OCH3 is 2. The molecular weight excluding hydrogens is 487 g/mol. The summed E-state index contributed by atoms with van der Waals surface area (Å²) in [6.45, 7) is 9.06. The second-order valence-electron chi connectivity index (χ2n) is 10.1. The van der Waals surface area contributed by atoms with Gasteiger partial charge in [0.15, 0.2) is 0 Å². The van der Waals surface area contributed by atoms with Crippen LogP contribution in [0.3, 0.4) is 0 Å². The van der Waals surface area contributed by atoms with Crippen LogP contribution >= 0.6 is 11.6 Å². The molecule has 0 bridgehead atoms. The summed E-state index contributed by atoms with van der Waals surface area (Å²) >= 11 is 6.65. The van der Waals surface area contributed by atoms with Gasteiger partial charge in [0.2, 0.25) is 0 Å². The lowest BCUT2D eigenvalue weighted by Gasteiger charge is -2.32. The maximum Gasteiger partial charge on any atom is 0.496 e. The second kappa shape index (κ2) is 10.7. The van der Waals surface area contributed by atoms with Crippen LogP contribution in [0.15, 0.2) is 60.7 Å². The lowest BCUT2D eigenvalue weighted by atomic mass is 9.75. The van der Waals surface area contributed by atoms with Crippen LogP contribution in [-0.2, 0) is 22.4 Å². The zero-order valence-electron chi connectivity index (χ0n) is 22.2. The number of benzene rings is 3. The number of nitriles is 1. The number of anilines is 1. The van der Waals surface area contributed by atoms with Crippen molar-refractivity contribution in [2.75, 3.05) is 19.1 Å². The van der Waals surface area contributed by atoms with E-state index < -0.39 is 18.3 Å². The maximum absolute atomic E-state index is 10.4. The molecule has 3 aromatic rings. The highest BCUT2D eigenvalue weighted by Gasteiger charge is 2.52. The third-order valence-electron chi connectivity index (χ3n) is 7.14. The Labute approximate surface area is 224 Å². The molecule has 0 spiro atoms. The fourth-order valence-electron chi connectivity index (χ4n) is 4.27. The number of hydrogen-bond donors (Lipinski definition) is 0. The van der Waals surface area contributed by atoms with Gasteiger partial charge in [0.05, 0.1) is 36.7 Å². The van der Waals surface area contributed by atoms with Gasteiger partial charge in [-0.15, -0.1) is 0 Å². The van der Waals surface area contributed by atoms with Crippen molar-refractivity contribution in [2.24, 2.45) is 0 Å². The molecule has 0 aliphatic carbocycles. The van der Waals surface area contributed by atoms with Crippen LogP contribution in [0.5, 0.6) is 11.5 Å². The van der Waals surface area contributed by atoms with Crippen LogP contribution in [0.2, 0.25) is 5.02 Å². The van der Waals surface area contributed by atoms with Crippen molar-refractivity contribution in [3.05, 3.63) is 82.4 Å². The predicted octanol–water partition coefficient (Wildman–Crippen LogP) is 5.73. The smallest absolute Gasteiger partial charge is 0.496 e. The maximum atomic E-state index is 10.4. The van der Waals surface area contributed by atoms with Gasteiger partial charge in [0.25, 0.3) is 0 Å². The Kier molecular flexibility index (Phi) is 7.75. The minimum atomic E-state index is -0.707. The minimum Gasteiger partial charge on any atom is -0.497 e. The molecule has 0 radical (unpaired) electrons. The Balaban J connectivity index is 1.77. The monoisotopic (exact) mass is 518 g/mol. The average molecular weight is 519 g/mol. The van der Waals surface area contributed by atoms with Gasteiger partial charge in [0, 0.05) is 23.6 Å². The minimum absolute atomic E-state index is 0.477. The van der Waals surface area contributed by atoms with Crippen molar-refractivity contribution in [1.29, 1.82) is 5.26 Å². The Hall–Kier alpha value is -3.18. The summed E-state index contributed by atoms with van der Waals surface area (Å²) in [4.78, 5) is 2.14. The third-order valence-corrected chi connectivity index (χ3v) is 7.36. The number of nitrogens with zero attached hydrogens (tertiary/aromatic N) is 2. The van der Waals surface area contributed by atoms with E-state index in [1.807, 2.05) is 82.3 Å². The van der Waals surface area contributed by atoms with E-state index in [1.54, 1.807) is 20.3 Å². The summed E-state index contributed by atoms with van der Waals surface area (Å²) in [5, 5.41) is 10.9. The van der Waals surface area contributed by atoms with Crippen LogP contribution in [0.25, 0.3) is 0 Å². The van der Waals surface area contributed by atoms with Gasteiger partial charge in [-0.1, -0.05) is 35.9 Å². The van der Waals surface area contributed by atoms with Crippen molar-refractivity contribution in [2.45, 2.75) is 52.0 Å². The SMILES string of the molecule is COc1ccc(CN(Cc2ccc(OC)cc2)c2cc(Cl)cc(B3OC(C)(C)C(C)(C)O3)c2C#N)cc1. The molecule has 0 aromatic heterocycles. The first-order valence-electron chi connectivity index (χ1n) is 12.2. The summed E-state index contributed by atoms with van der Waals surface area (Å²) in [5.74, 6) is 1.57. The average Bonchev–Trinajstić information content (AvgIpc) is 3.10. The predicted molar refractivity (Wildman–Crippen MR) is 148 cm³/mol. The number of rotatable bonds is 8. The van der Waals surface area contributed by atoms with E-state index in [-0.39, 0.29) is 0 Å². The van der Waals surface area contributed by atoms with Gasteiger partial charge in [-0.25, -0.2) is 0 Å². The Morgan fingerprint density at radius 2 is 1.30 bits per heavy atom. The van der Waals surface area contributed by atoms with Gasteiger partial charge < -0.3 is 23.7 Å². The van der Waals surface area contributed by atoms with Crippen molar-refractivity contribution >= 4 is 29.9 Å². The zero-order chi connectivity index (χ0) is 26.8. The molecule has 6 nitrogen and oxygen atoms in total. The van der Waals surface area contributed by atoms with E-state index in [9.17, 15) is 5.26 Å². The summed E-state index contributed by atoms with van der Waals surface area (Å²) in [6, 6.07) is 21.8. The molecular formula is C29H32BClN2O4. The van der Waals surface area contributed by atoms with Crippen molar-refractivity contribution in [3.8, 4) is 17.6 Å². The molecule has 0 saturated carbocycles. The van der Waals surface area contributed by atoms with Crippen LogP contribution in [0.4, 0.5) is 5.69 Å². The molecule has 0 amide bonds. The van der Waals surface area contributed by atoms with E-state index in [0.29, 0.717) is 34.8 Å². The second-order valence-corrected chi connectivity index (χ2v) is 10.6. The lowest BCUT2D eigenvalue weighted by molar-refractivity contribution is 0.00578. The van der Waals surface area contributed by atoms with Gasteiger partial charge in [-0.2, -0.15) is 5.26 Å². The van der Waals surface area contributed by atoms with Crippen molar-refractivity contribution in [1.82, 2.24) is 0 Å². The number of halogens is 1. The normalized spacial score (nSPS) is 15.8. The van der Waals surface area contributed by atoms with Crippen molar-refractivity contribution in [3.63, 3.8) is 0 Å². The van der Waals surface area contributed by atoms with E-state index in [2.05, 4.69) is 11.0 Å². The van der Waals surface area contributed by atoms with Crippen LogP contribution < -0.4 is 19.8 Å². The highest BCUT2D eigenvalue weighted by atomic mass is 35.5. The van der Waals surface area contributed by atoms with Gasteiger partial charge in [-0.05, 0) is 75.2 Å². The molecule has 1 aliphatic heterocycles. The Bertz CT molecular complexity index is 1220. The van der Waals surface area contributed by atoms with Crippen LogP contribution in [0.1, 0.15) is 44.4 Å². The topological polar surface area (TPSA) is 64.0 Å². The molecule has 192 valence electrons. The quantitative estimate of drug-likeness (QED) is 0.355. The van der Waals surface area contributed by atoms with E-state index >= 15 is 0 Å². The van der Waals surface area contributed by atoms with E-state index in [4.69, 9.17) is 30.4 Å². The molecule has 1 aliphatic rings. The third kappa shape index (κ3) is 5.72. The Morgan fingerprint density at radius 3 is 1.70 bits per heavy atom. The Morgan fingerprint density at radius 1 is 0.838 bits per heavy atom. The van der Waals surface area contributed by atoms with Gasteiger partial charge in [0.1, 0.15) is 17.6 Å². The molecule has 0 unspecified atom stereocenters. The fraction of sp³-hybridized carbons (Fsp3) is 0.345. The van der Waals surface area contributed by atoms with Crippen LogP contribution in [-0.4, -0.2) is 32.5 Å². The molecule has 3 aromatic carbocycles. The van der Waals surface area contributed by atoms with E-state index in [0.717, 1.165) is 22.6 Å². The zero-order valence-corrected chi connectivity index (χ0v) is 22.9. The molecule has 1 saturated heterocycles. The van der Waals surface area contributed by atoms with Crippen LogP contribution in [0, 0.1) is 11.3 Å². The molecule has 8 heteroatoms. The summed E-state index contributed by atoms with van der Waals surface area (Å²) in [5.41, 5.74) is 2.86. The summed E-state index contributed by atoms with van der Waals surface area (Å²) in [7, 11) is 2.59. The largest absolute Gasteiger partial charge is 0.497 e. The first-order valence-corrected chi connectivity index (χ1v) is 12.5. The van der Waals surface area contributed by atoms with E-state index in [1.165, 1.54) is 0 Å². The van der Waals surface area contributed by atoms with Gasteiger partial charge in [-0.3, -0.25) is 0 Å². The standard InChI is InChI=1S/C29H32BClN2O4/c1-28(2)29(3,4)37-30(36-28)26-15-22(31)16-27(25(26)17-32)33(18-20-7-11-23(34-5)12-8-20)19-21-9-13-24(35-6)14-10-21/h7-16H,18-19H2,1-6H3. The summed E-state index contributed by atoms with van der Waals surface area (Å²) in [6.07, 6.45) is 0. The molecule has 1 heterocycles. The molecule has 0 N–H and O–H groups in total. The first kappa shape index (κ1) is 26.9. The highest BCUT2D eigenvalue weighted by Crippen LogP contribution is 2.38. The van der Waals surface area contributed by atoms with Crippen molar-refractivity contribution < 1.29 is 18.8 Å². The lowest BCUT2D eigenvalue weighted by Crippen LogP contribution is -2.41. The first-order chi connectivity index (χ1) is 17.6. The molecule has 4 rings (SSSR count). The molecule has 0 atom stereocenters.